The predicted octanol–water partition coefficient (Wildman–Crippen LogP) is 1.82. The monoisotopic (exact) mass is 476 g/mol. The summed E-state index contributed by atoms with van der Waals surface area (Å²) in [5, 5.41) is 13.9. The smallest absolute Gasteiger partial charge is 0.271 e. The van der Waals surface area contributed by atoms with E-state index in [2.05, 4.69) is 10.2 Å². The number of non-ortho nitro benzene ring substituents is 1. The molecule has 11 heteroatoms. The Labute approximate surface area is 193 Å². The fourth-order valence-electron chi connectivity index (χ4n) is 3.60. The summed E-state index contributed by atoms with van der Waals surface area (Å²) < 4.78 is 31.0. The van der Waals surface area contributed by atoms with Crippen LogP contribution in [0.1, 0.15) is 16.7 Å². The molecule has 1 saturated heterocycles. The summed E-state index contributed by atoms with van der Waals surface area (Å²) in [7, 11) is -3.85. The molecule has 0 saturated carbocycles. The van der Waals surface area contributed by atoms with Gasteiger partial charge in [-0.1, -0.05) is 30.3 Å². The number of nitrogens with zero attached hydrogens (tertiary/aromatic N) is 3. The van der Waals surface area contributed by atoms with E-state index in [0.29, 0.717) is 5.56 Å². The molecule has 10 nitrogen and oxygen atoms in total. The van der Waals surface area contributed by atoms with Crippen LogP contribution in [0.15, 0.2) is 42.5 Å². The molecule has 2 aromatic carbocycles. The van der Waals surface area contributed by atoms with Gasteiger partial charge in [0.1, 0.15) is 6.54 Å². The number of amides is 1. The van der Waals surface area contributed by atoms with Gasteiger partial charge in [0, 0.05) is 38.3 Å². The van der Waals surface area contributed by atoms with Gasteiger partial charge in [0.25, 0.3) is 5.69 Å². The highest BCUT2D eigenvalue weighted by molar-refractivity contribution is 7.92. The third-order valence-corrected chi connectivity index (χ3v) is 6.48. The van der Waals surface area contributed by atoms with E-state index in [4.69, 9.17) is 4.74 Å². The minimum atomic E-state index is -3.85. The van der Waals surface area contributed by atoms with Crippen molar-refractivity contribution in [3.63, 3.8) is 0 Å². The summed E-state index contributed by atoms with van der Waals surface area (Å²) >= 11 is 0. The van der Waals surface area contributed by atoms with E-state index < -0.39 is 27.4 Å². The molecular weight excluding hydrogens is 448 g/mol. The molecule has 0 spiro atoms. The predicted molar refractivity (Wildman–Crippen MR) is 124 cm³/mol. The number of carbonyl (C=O) groups is 1. The number of aryl methyl sites for hydroxylation is 1. The Hall–Kier alpha value is -3.02. The molecule has 2 aromatic rings. The Kier molecular flexibility index (Phi) is 8.01. The third kappa shape index (κ3) is 6.98. The van der Waals surface area contributed by atoms with Gasteiger partial charge in [0.05, 0.1) is 30.1 Å². The van der Waals surface area contributed by atoms with Crippen LogP contribution < -0.4 is 9.62 Å². The molecule has 1 amide bonds. The number of benzene rings is 2. The average molecular weight is 477 g/mol. The van der Waals surface area contributed by atoms with Crippen LogP contribution in [0.5, 0.6) is 0 Å². The van der Waals surface area contributed by atoms with Gasteiger partial charge in [0.2, 0.25) is 15.9 Å². The van der Waals surface area contributed by atoms with Gasteiger partial charge in [-0.05, 0) is 23.6 Å². The van der Waals surface area contributed by atoms with Crippen molar-refractivity contribution in [1.29, 1.82) is 0 Å². The Balaban J connectivity index is 1.66. The minimum Gasteiger partial charge on any atom is -0.379 e. The van der Waals surface area contributed by atoms with Gasteiger partial charge in [-0.15, -0.1) is 0 Å². The molecule has 0 bridgehead atoms. The lowest BCUT2D eigenvalue weighted by Gasteiger charge is -2.26. The zero-order valence-electron chi connectivity index (χ0n) is 18.7. The summed E-state index contributed by atoms with van der Waals surface area (Å²) in [6.07, 6.45) is 0.966. The maximum absolute atomic E-state index is 12.6. The number of morpholine rings is 1. The molecule has 0 aromatic heterocycles. The summed E-state index contributed by atoms with van der Waals surface area (Å²) in [6, 6.07) is 11.8. The quantitative estimate of drug-likeness (QED) is 0.433. The molecule has 3 rings (SSSR count). The highest BCUT2D eigenvalue weighted by Crippen LogP contribution is 2.27. The number of sulfonamides is 1. The van der Waals surface area contributed by atoms with Crippen molar-refractivity contribution in [1.82, 2.24) is 10.2 Å². The van der Waals surface area contributed by atoms with Crippen molar-refractivity contribution in [3.05, 3.63) is 69.3 Å². The number of nitro groups is 1. The number of anilines is 1. The maximum Gasteiger partial charge on any atom is 0.271 e. The highest BCUT2D eigenvalue weighted by Gasteiger charge is 2.24. The number of nitrogens with one attached hydrogen (secondary N) is 1. The fraction of sp³-hybridized carbons (Fsp3) is 0.409. The van der Waals surface area contributed by atoms with Crippen LogP contribution in [-0.2, 0) is 32.6 Å². The Morgan fingerprint density at radius 2 is 1.88 bits per heavy atom. The standard InChI is InChI=1S/C22H28N4O6S/c1-17-6-7-20(26(28)29)13-21(17)25(33(2,30)31)16-22(27)23-14-18-4-3-5-19(12-18)15-24-8-10-32-11-9-24/h3-7,12-13H,8-11,14-16H2,1-2H3,(H,23,27). The van der Waals surface area contributed by atoms with Crippen LogP contribution in [0.2, 0.25) is 0 Å². The average Bonchev–Trinajstić information content (AvgIpc) is 2.77. The molecule has 1 aliphatic heterocycles. The second-order valence-corrected chi connectivity index (χ2v) is 9.89. The second-order valence-electron chi connectivity index (χ2n) is 7.98. The number of hydrogen-bond acceptors (Lipinski definition) is 7. The molecule has 33 heavy (non-hydrogen) atoms. The van der Waals surface area contributed by atoms with Crippen molar-refractivity contribution in [2.45, 2.75) is 20.0 Å². The van der Waals surface area contributed by atoms with Crippen LogP contribution in [0.4, 0.5) is 11.4 Å². The van der Waals surface area contributed by atoms with E-state index in [9.17, 15) is 23.3 Å². The molecule has 0 atom stereocenters. The highest BCUT2D eigenvalue weighted by atomic mass is 32.2. The molecule has 1 heterocycles. The van der Waals surface area contributed by atoms with Gasteiger partial charge >= 0.3 is 0 Å². The minimum absolute atomic E-state index is 0.106. The fourth-order valence-corrected chi connectivity index (χ4v) is 4.51. The third-order valence-electron chi connectivity index (χ3n) is 5.35. The van der Waals surface area contributed by atoms with Gasteiger partial charge in [-0.25, -0.2) is 8.42 Å². The van der Waals surface area contributed by atoms with Gasteiger partial charge in [-0.3, -0.25) is 24.1 Å². The summed E-state index contributed by atoms with van der Waals surface area (Å²) in [5.41, 5.74) is 2.38. The zero-order valence-corrected chi connectivity index (χ0v) is 19.5. The molecule has 0 aliphatic carbocycles. The van der Waals surface area contributed by atoms with Crippen LogP contribution >= 0.6 is 0 Å². The summed E-state index contributed by atoms with van der Waals surface area (Å²) in [4.78, 5) is 25.4. The van der Waals surface area contributed by atoms with E-state index in [1.54, 1.807) is 6.92 Å². The van der Waals surface area contributed by atoms with Crippen molar-refractivity contribution >= 4 is 27.3 Å². The van der Waals surface area contributed by atoms with Gasteiger partial charge < -0.3 is 10.1 Å². The van der Waals surface area contributed by atoms with E-state index in [-0.39, 0.29) is 17.9 Å². The van der Waals surface area contributed by atoms with Crippen LogP contribution in [0.25, 0.3) is 0 Å². The molecule has 0 unspecified atom stereocenters. The topological polar surface area (TPSA) is 122 Å². The van der Waals surface area contributed by atoms with E-state index in [1.165, 1.54) is 18.2 Å². The Morgan fingerprint density at radius 3 is 2.55 bits per heavy atom. The maximum atomic E-state index is 12.6. The van der Waals surface area contributed by atoms with Crippen LogP contribution in [0.3, 0.4) is 0 Å². The molecular formula is C22H28N4O6S. The molecule has 1 aliphatic rings. The molecule has 1 N–H and O–H groups in total. The number of rotatable bonds is 9. The molecule has 1 fully saturated rings. The first-order valence-electron chi connectivity index (χ1n) is 10.5. The van der Waals surface area contributed by atoms with E-state index >= 15 is 0 Å². The Bertz CT molecular complexity index is 1120. The van der Waals surface area contributed by atoms with Crippen molar-refractivity contribution in [2.75, 3.05) is 43.4 Å². The van der Waals surface area contributed by atoms with E-state index in [0.717, 1.165) is 54.5 Å². The number of hydrogen-bond donors (Lipinski definition) is 1. The van der Waals surface area contributed by atoms with Crippen molar-refractivity contribution in [2.24, 2.45) is 0 Å². The number of carbonyl (C=O) groups excluding carboxylic acids is 1. The van der Waals surface area contributed by atoms with Crippen molar-refractivity contribution < 1.29 is 22.9 Å². The van der Waals surface area contributed by atoms with Gasteiger partial charge in [0.15, 0.2) is 0 Å². The van der Waals surface area contributed by atoms with E-state index in [1.807, 2.05) is 24.3 Å². The first-order valence-corrected chi connectivity index (χ1v) is 12.4. The normalized spacial score (nSPS) is 14.6. The van der Waals surface area contributed by atoms with Crippen molar-refractivity contribution in [3.8, 4) is 0 Å². The summed E-state index contributed by atoms with van der Waals surface area (Å²) in [5.74, 6) is -0.509. The van der Waals surface area contributed by atoms with Gasteiger partial charge in [-0.2, -0.15) is 0 Å². The molecule has 0 radical (unpaired) electrons. The zero-order chi connectivity index (χ0) is 24.0. The Morgan fingerprint density at radius 1 is 1.18 bits per heavy atom. The first-order chi connectivity index (χ1) is 15.6. The van der Waals surface area contributed by atoms with Crippen LogP contribution in [0, 0.1) is 17.0 Å². The largest absolute Gasteiger partial charge is 0.379 e. The lowest BCUT2D eigenvalue weighted by atomic mass is 10.1. The lowest BCUT2D eigenvalue weighted by molar-refractivity contribution is -0.384. The number of nitro benzene ring substituents is 1. The summed E-state index contributed by atoms with van der Waals surface area (Å²) in [6.45, 7) is 5.37. The lowest BCUT2D eigenvalue weighted by Crippen LogP contribution is -2.40. The second kappa shape index (κ2) is 10.7. The molecule has 178 valence electrons. The first kappa shape index (κ1) is 24.6. The van der Waals surface area contributed by atoms with Crippen LogP contribution in [-0.4, -0.2) is 63.3 Å². The number of ether oxygens (including phenoxy) is 1. The SMILES string of the molecule is Cc1ccc([N+](=O)[O-])cc1N(CC(=O)NCc1cccc(CN2CCOCC2)c1)S(C)(=O)=O.